The summed E-state index contributed by atoms with van der Waals surface area (Å²) >= 11 is 0. The first-order valence-electron chi connectivity index (χ1n) is 4.71. The predicted octanol–water partition coefficient (Wildman–Crippen LogP) is 0.0715. The van der Waals surface area contributed by atoms with Crippen LogP contribution in [0.25, 0.3) is 0 Å². The molecule has 0 aromatic rings. The Hall–Kier alpha value is -0.120. The van der Waals surface area contributed by atoms with Gasteiger partial charge in [0, 0.05) is 19.2 Å². The summed E-state index contributed by atoms with van der Waals surface area (Å²) in [5.74, 6) is 0.432. The van der Waals surface area contributed by atoms with Crippen molar-refractivity contribution in [3.63, 3.8) is 0 Å². The summed E-state index contributed by atoms with van der Waals surface area (Å²) in [4.78, 5) is 2.16. The van der Waals surface area contributed by atoms with Crippen LogP contribution in [0.15, 0.2) is 0 Å². The van der Waals surface area contributed by atoms with E-state index in [9.17, 15) is 0 Å². The zero-order valence-electron chi connectivity index (χ0n) is 7.74. The Labute approximate surface area is 74.0 Å². The first kappa shape index (κ1) is 9.96. The van der Waals surface area contributed by atoms with Crippen molar-refractivity contribution in [3.05, 3.63) is 0 Å². The Morgan fingerprint density at radius 2 is 2.08 bits per heavy atom. The van der Waals surface area contributed by atoms with Gasteiger partial charge in [0.1, 0.15) is 0 Å². The smallest absolute Gasteiger partial charge is 0.0558 e. The molecule has 0 heterocycles. The second-order valence-corrected chi connectivity index (χ2v) is 3.65. The lowest BCUT2D eigenvalue weighted by Gasteiger charge is -2.27. The number of rotatable bonds is 4. The highest BCUT2D eigenvalue weighted by Crippen LogP contribution is 2.28. The molecule has 0 aromatic carbocycles. The van der Waals surface area contributed by atoms with E-state index >= 15 is 0 Å². The van der Waals surface area contributed by atoms with Gasteiger partial charge in [-0.2, -0.15) is 0 Å². The minimum atomic E-state index is 0.213. The fourth-order valence-electron chi connectivity index (χ4n) is 2.13. The van der Waals surface area contributed by atoms with Crippen molar-refractivity contribution < 1.29 is 10.2 Å². The van der Waals surface area contributed by atoms with Gasteiger partial charge in [0.25, 0.3) is 0 Å². The highest BCUT2D eigenvalue weighted by atomic mass is 16.3. The minimum absolute atomic E-state index is 0.213. The molecule has 0 spiro atoms. The van der Waals surface area contributed by atoms with Gasteiger partial charge >= 0.3 is 0 Å². The lowest BCUT2D eigenvalue weighted by atomic mass is 10.0. The Balaban J connectivity index is 2.38. The quantitative estimate of drug-likeness (QED) is 0.632. The lowest BCUT2D eigenvalue weighted by molar-refractivity contribution is 0.119. The Morgan fingerprint density at radius 3 is 2.67 bits per heavy atom. The van der Waals surface area contributed by atoms with Crippen molar-refractivity contribution >= 4 is 0 Å². The topological polar surface area (TPSA) is 43.7 Å². The molecule has 1 rings (SSSR count). The van der Waals surface area contributed by atoms with E-state index in [-0.39, 0.29) is 6.61 Å². The van der Waals surface area contributed by atoms with Crippen LogP contribution >= 0.6 is 0 Å². The summed E-state index contributed by atoms with van der Waals surface area (Å²) in [6, 6.07) is 0.488. The number of likely N-dealkylation sites (N-methyl/N-ethyl adjacent to an activating group) is 1. The van der Waals surface area contributed by atoms with Crippen molar-refractivity contribution in [1.29, 1.82) is 0 Å². The zero-order valence-corrected chi connectivity index (χ0v) is 7.74. The maximum Gasteiger partial charge on any atom is 0.0558 e. The molecule has 72 valence electrons. The molecule has 1 aliphatic rings. The molecule has 0 aromatic heterocycles. The highest BCUT2D eigenvalue weighted by Gasteiger charge is 2.29. The van der Waals surface area contributed by atoms with Gasteiger partial charge in [-0.25, -0.2) is 0 Å². The molecule has 12 heavy (non-hydrogen) atoms. The van der Waals surface area contributed by atoms with E-state index in [0.717, 1.165) is 13.0 Å². The molecule has 1 aliphatic carbocycles. The van der Waals surface area contributed by atoms with E-state index in [1.54, 1.807) is 0 Å². The summed E-state index contributed by atoms with van der Waals surface area (Å²) in [6.07, 6.45) is 3.52. The molecule has 3 nitrogen and oxygen atoms in total. The number of nitrogens with zero attached hydrogens (tertiary/aromatic N) is 1. The number of hydrogen-bond acceptors (Lipinski definition) is 3. The van der Waals surface area contributed by atoms with Gasteiger partial charge in [-0.3, -0.25) is 0 Å². The SMILES string of the molecule is CN(CCO)C1CCCC1CO. The van der Waals surface area contributed by atoms with E-state index in [2.05, 4.69) is 4.90 Å². The number of aliphatic hydroxyl groups excluding tert-OH is 2. The molecule has 2 N–H and O–H groups in total. The van der Waals surface area contributed by atoms with Gasteiger partial charge in [-0.15, -0.1) is 0 Å². The van der Waals surface area contributed by atoms with Gasteiger partial charge < -0.3 is 15.1 Å². The van der Waals surface area contributed by atoms with E-state index < -0.39 is 0 Å². The van der Waals surface area contributed by atoms with Crippen LogP contribution in [0, 0.1) is 5.92 Å². The van der Waals surface area contributed by atoms with Crippen molar-refractivity contribution in [2.45, 2.75) is 25.3 Å². The summed E-state index contributed by atoms with van der Waals surface area (Å²) < 4.78 is 0. The standard InChI is InChI=1S/C9H19NO2/c1-10(5-6-11)9-4-2-3-8(9)7-12/h8-9,11-12H,2-7H2,1H3. The van der Waals surface area contributed by atoms with Crippen LogP contribution in [0.4, 0.5) is 0 Å². The van der Waals surface area contributed by atoms with Crippen molar-refractivity contribution in [2.75, 3.05) is 26.8 Å². The summed E-state index contributed by atoms with van der Waals surface area (Å²) in [7, 11) is 2.02. The molecular weight excluding hydrogens is 154 g/mol. The maximum atomic E-state index is 9.06. The fourth-order valence-corrected chi connectivity index (χ4v) is 2.13. The third-order valence-electron chi connectivity index (χ3n) is 2.87. The van der Waals surface area contributed by atoms with E-state index in [1.807, 2.05) is 7.05 Å². The largest absolute Gasteiger partial charge is 0.396 e. The molecule has 0 saturated heterocycles. The molecule has 1 fully saturated rings. The average Bonchev–Trinajstić information content (AvgIpc) is 2.51. The highest BCUT2D eigenvalue weighted by molar-refractivity contribution is 4.83. The van der Waals surface area contributed by atoms with Crippen LogP contribution in [0.1, 0.15) is 19.3 Å². The summed E-state index contributed by atoms with van der Waals surface area (Å²) in [5.41, 5.74) is 0. The first-order valence-corrected chi connectivity index (χ1v) is 4.71. The summed E-state index contributed by atoms with van der Waals surface area (Å²) in [6.45, 7) is 1.23. The van der Waals surface area contributed by atoms with Crippen LogP contribution in [-0.4, -0.2) is 48.0 Å². The molecule has 0 aliphatic heterocycles. The van der Waals surface area contributed by atoms with Crippen LogP contribution < -0.4 is 0 Å². The molecule has 0 radical (unpaired) electrons. The van der Waals surface area contributed by atoms with Crippen LogP contribution in [0.5, 0.6) is 0 Å². The van der Waals surface area contributed by atoms with Crippen LogP contribution in [-0.2, 0) is 0 Å². The second-order valence-electron chi connectivity index (χ2n) is 3.65. The van der Waals surface area contributed by atoms with Crippen molar-refractivity contribution in [3.8, 4) is 0 Å². The Kier molecular flexibility index (Phi) is 3.98. The average molecular weight is 173 g/mol. The second kappa shape index (κ2) is 4.80. The molecule has 2 atom stereocenters. The van der Waals surface area contributed by atoms with Gasteiger partial charge in [0.15, 0.2) is 0 Å². The van der Waals surface area contributed by atoms with Gasteiger partial charge in [0.2, 0.25) is 0 Å². The van der Waals surface area contributed by atoms with Crippen molar-refractivity contribution in [1.82, 2.24) is 4.90 Å². The van der Waals surface area contributed by atoms with Crippen molar-refractivity contribution in [2.24, 2.45) is 5.92 Å². The maximum absolute atomic E-state index is 9.06. The Morgan fingerprint density at radius 1 is 1.33 bits per heavy atom. The molecule has 3 heteroatoms. The van der Waals surface area contributed by atoms with Crippen LogP contribution in [0.2, 0.25) is 0 Å². The molecule has 2 unspecified atom stereocenters. The van der Waals surface area contributed by atoms with E-state index in [0.29, 0.717) is 18.6 Å². The van der Waals surface area contributed by atoms with Gasteiger partial charge in [-0.05, 0) is 25.8 Å². The summed E-state index contributed by atoms with van der Waals surface area (Å²) in [5, 5.41) is 17.8. The molecular formula is C9H19NO2. The number of hydrogen-bond donors (Lipinski definition) is 2. The predicted molar refractivity (Wildman–Crippen MR) is 47.9 cm³/mol. The van der Waals surface area contributed by atoms with E-state index in [1.165, 1.54) is 12.8 Å². The lowest BCUT2D eigenvalue weighted by Crippen LogP contribution is -2.37. The normalized spacial score (nSPS) is 30.0. The molecule has 0 bridgehead atoms. The Bertz CT molecular complexity index is 130. The van der Waals surface area contributed by atoms with Crippen LogP contribution in [0.3, 0.4) is 0 Å². The fraction of sp³-hybridized carbons (Fsp3) is 1.00. The zero-order chi connectivity index (χ0) is 8.97. The number of aliphatic hydroxyl groups is 2. The molecule has 1 saturated carbocycles. The first-order chi connectivity index (χ1) is 5.79. The van der Waals surface area contributed by atoms with E-state index in [4.69, 9.17) is 10.2 Å². The van der Waals surface area contributed by atoms with Gasteiger partial charge in [0.05, 0.1) is 6.61 Å². The van der Waals surface area contributed by atoms with Gasteiger partial charge in [-0.1, -0.05) is 6.42 Å². The minimum Gasteiger partial charge on any atom is -0.396 e. The third kappa shape index (κ3) is 2.19. The molecule has 0 amide bonds. The monoisotopic (exact) mass is 173 g/mol. The third-order valence-corrected chi connectivity index (χ3v) is 2.87.